The van der Waals surface area contributed by atoms with E-state index in [1.165, 1.54) is 26.6 Å². The molecule has 7 heteroatoms. The monoisotopic (exact) mass is 292 g/mol. The number of imidazole rings is 1. The lowest BCUT2D eigenvalue weighted by Gasteiger charge is -2.10. The standard InChI is InChI=1S/C13H16N4O2S/c1-10(11-5-4-6-12(14)7-11)13-8-17(9-15-13)20(18,19)16(2)3/h4-9H,1,14H2,2-3H3. The first-order chi connectivity index (χ1) is 9.32. The van der Waals surface area contributed by atoms with Gasteiger partial charge in [0.1, 0.15) is 6.33 Å². The fourth-order valence-corrected chi connectivity index (χ4v) is 2.43. The summed E-state index contributed by atoms with van der Waals surface area (Å²) in [6.45, 7) is 3.94. The van der Waals surface area contributed by atoms with Gasteiger partial charge in [0, 0.05) is 31.6 Å². The SMILES string of the molecule is C=C(c1cccc(N)c1)c1cn(S(=O)(=O)N(C)C)cn1. The van der Waals surface area contributed by atoms with Crippen molar-refractivity contribution in [3.8, 4) is 0 Å². The van der Waals surface area contributed by atoms with E-state index in [4.69, 9.17) is 5.73 Å². The summed E-state index contributed by atoms with van der Waals surface area (Å²) in [5.74, 6) is 0. The zero-order valence-corrected chi connectivity index (χ0v) is 12.1. The lowest BCUT2D eigenvalue weighted by Crippen LogP contribution is -2.27. The summed E-state index contributed by atoms with van der Waals surface area (Å²) in [6.07, 6.45) is 2.68. The molecule has 6 nitrogen and oxygen atoms in total. The van der Waals surface area contributed by atoms with Crippen LogP contribution < -0.4 is 5.73 Å². The molecule has 2 rings (SSSR count). The van der Waals surface area contributed by atoms with Gasteiger partial charge in [0.2, 0.25) is 0 Å². The normalized spacial score (nSPS) is 11.8. The molecule has 0 aliphatic rings. The Hall–Kier alpha value is -2.12. The summed E-state index contributed by atoms with van der Waals surface area (Å²) in [6, 6.07) is 7.19. The minimum atomic E-state index is -3.56. The molecule has 1 aromatic heterocycles. The Balaban J connectivity index is 2.37. The van der Waals surface area contributed by atoms with Crippen molar-refractivity contribution in [2.75, 3.05) is 19.8 Å². The Bertz CT molecular complexity index is 747. The highest BCUT2D eigenvalue weighted by Gasteiger charge is 2.17. The number of nitrogens with two attached hydrogens (primary N) is 1. The number of nitrogen functional groups attached to an aromatic ring is 1. The van der Waals surface area contributed by atoms with Crippen LogP contribution in [0.1, 0.15) is 11.3 Å². The molecule has 0 saturated carbocycles. The fourth-order valence-electron chi connectivity index (χ4n) is 1.65. The van der Waals surface area contributed by atoms with Gasteiger partial charge < -0.3 is 5.73 Å². The largest absolute Gasteiger partial charge is 0.399 e. The van der Waals surface area contributed by atoms with Crippen molar-refractivity contribution in [2.45, 2.75) is 0 Å². The van der Waals surface area contributed by atoms with Gasteiger partial charge >= 0.3 is 10.2 Å². The second kappa shape index (κ2) is 5.10. The van der Waals surface area contributed by atoms with Crippen LogP contribution in [0.15, 0.2) is 43.4 Å². The number of benzene rings is 1. The van der Waals surface area contributed by atoms with Crippen molar-refractivity contribution in [1.29, 1.82) is 0 Å². The number of aromatic nitrogens is 2. The predicted molar refractivity (Wildman–Crippen MR) is 79.2 cm³/mol. The zero-order chi connectivity index (χ0) is 14.9. The van der Waals surface area contributed by atoms with E-state index in [9.17, 15) is 8.42 Å². The molecule has 0 fully saturated rings. The van der Waals surface area contributed by atoms with Crippen LogP contribution in [0.25, 0.3) is 5.57 Å². The molecule has 0 saturated heterocycles. The molecule has 0 aliphatic heterocycles. The molecule has 0 amide bonds. The second-order valence-electron chi connectivity index (χ2n) is 4.48. The Kier molecular flexibility index (Phi) is 3.65. The smallest absolute Gasteiger partial charge is 0.308 e. The molecular formula is C13H16N4O2S. The van der Waals surface area contributed by atoms with E-state index in [1.807, 2.05) is 12.1 Å². The Morgan fingerprint density at radius 1 is 1.40 bits per heavy atom. The number of hydrogen-bond acceptors (Lipinski definition) is 4. The third-order valence-electron chi connectivity index (χ3n) is 2.83. The topological polar surface area (TPSA) is 81.2 Å². The third kappa shape index (κ3) is 2.59. The number of anilines is 1. The van der Waals surface area contributed by atoms with Gasteiger partial charge in [-0.3, -0.25) is 0 Å². The van der Waals surface area contributed by atoms with E-state index in [1.54, 1.807) is 12.1 Å². The molecule has 2 aromatic rings. The summed E-state index contributed by atoms with van der Waals surface area (Å²) >= 11 is 0. The number of rotatable bonds is 4. The van der Waals surface area contributed by atoms with Crippen molar-refractivity contribution in [3.63, 3.8) is 0 Å². The van der Waals surface area contributed by atoms with Crippen LogP contribution in [0.4, 0.5) is 5.69 Å². The summed E-state index contributed by atoms with van der Waals surface area (Å²) in [7, 11) is -0.638. The molecule has 1 heterocycles. The van der Waals surface area contributed by atoms with Crippen LogP contribution in [0.3, 0.4) is 0 Å². The van der Waals surface area contributed by atoms with Crippen molar-refractivity contribution in [2.24, 2.45) is 0 Å². The average molecular weight is 292 g/mol. The van der Waals surface area contributed by atoms with E-state index < -0.39 is 10.2 Å². The molecule has 2 N–H and O–H groups in total. The van der Waals surface area contributed by atoms with Crippen LogP contribution in [-0.4, -0.2) is 35.8 Å². The lowest BCUT2D eigenvalue weighted by atomic mass is 10.0. The minimum Gasteiger partial charge on any atom is -0.399 e. The molecule has 106 valence electrons. The van der Waals surface area contributed by atoms with Gasteiger partial charge in [0.25, 0.3) is 0 Å². The maximum Gasteiger partial charge on any atom is 0.308 e. The summed E-state index contributed by atoms with van der Waals surface area (Å²) < 4.78 is 26.1. The minimum absolute atomic E-state index is 0.487. The number of nitrogens with zero attached hydrogens (tertiary/aromatic N) is 3. The Labute approximate surface area is 118 Å². The molecular weight excluding hydrogens is 276 g/mol. The predicted octanol–water partition coefficient (Wildman–Crippen LogP) is 1.18. The number of hydrogen-bond donors (Lipinski definition) is 1. The molecule has 0 radical (unpaired) electrons. The average Bonchev–Trinajstić information content (AvgIpc) is 2.87. The van der Waals surface area contributed by atoms with Crippen molar-refractivity contribution in [3.05, 3.63) is 54.6 Å². The van der Waals surface area contributed by atoms with Crippen molar-refractivity contribution in [1.82, 2.24) is 13.3 Å². The maximum atomic E-state index is 12.0. The van der Waals surface area contributed by atoms with Crippen LogP contribution in [0, 0.1) is 0 Å². The summed E-state index contributed by atoms with van der Waals surface area (Å²) in [5, 5.41) is 0. The summed E-state index contributed by atoms with van der Waals surface area (Å²) in [5.41, 5.74) is 8.24. The zero-order valence-electron chi connectivity index (χ0n) is 11.3. The second-order valence-corrected chi connectivity index (χ2v) is 6.53. The molecule has 0 aliphatic carbocycles. The van der Waals surface area contributed by atoms with Gasteiger partial charge in [0.15, 0.2) is 0 Å². The summed E-state index contributed by atoms with van der Waals surface area (Å²) in [4.78, 5) is 4.09. The Morgan fingerprint density at radius 3 is 2.70 bits per heavy atom. The van der Waals surface area contributed by atoms with Crippen LogP contribution >= 0.6 is 0 Å². The highest BCUT2D eigenvalue weighted by atomic mass is 32.2. The Morgan fingerprint density at radius 2 is 2.10 bits per heavy atom. The highest BCUT2D eigenvalue weighted by Crippen LogP contribution is 2.22. The first kappa shape index (κ1) is 14.3. The van der Waals surface area contributed by atoms with Gasteiger partial charge in [-0.25, -0.2) is 8.96 Å². The molecule has 20 heavy (non-hydrogen) atoms. The molecule has 0 unspecified atom stereocenters. The van der Waals surface area contributed by atoms with Gasteiger partial charge in [-0.1, -0.05) is 18.7 Å². The highest BCUT2D eigenvalue weighted by molar-refractivity contribution is 7.87. The third-order valence-corrected chi connectivity index (χ3v) is 4.49. The van der Waals surface area contributed by atoms with Crippen molar-refractivity contribution < 1.29 is 8.42 Å². The quantitative estimate of drug-likeness (QED) is 0.858. The molecule has 0 spiro atoms. The van der Waals surface area contributed by atoms with E-state index in [0.717, 1.165) is 13.8 Å². The fraction of sp³-hybridized carbons (Fsp3) is 0.154. The van der Waals surface area contributed by atoms with E-state index >= 15 is 0 Å². The van der Waals surface area contributed by atoms with Gasteiger partial charge in [-0.2, -0.15) is 12.7 Å². The van der Waals surface area contributed by atoms with E-state index in [2.05, 4.69) is 11.6 Å². The van der Waals surface area contributed by atoms with Crippen LogP contribution in [0.5, 0.6) is 0 Å². The van der Waals surface area contributed by atoms with Gasteiger partial charge in [-0.05, 0) is 17.7 Å². The lowest BCUT2D eigenvalue weighted by molar-refractivity contribution is 0.510. The molecule has 1 aromatic carbocycles. The van der Waals surface area contributed by atoms with Gasteiger partial charge in [-0.15, -0.1) is 0 Å². The van der Waals surface area contributed by atoms with Crippen LogP contribution in [0.2, 0.25) is 0 Å². The van der Waals surface area contributed by atoms with Gasteiger partial charge in [0.05, 0.1) is 5.69 Å². The maximum absolute atomic E-state index is 12.0. The molecule has 0 bridgehead atoms. The van der Waals surface area contributed by atoms with E-state index in [0.29, 0.717) is 17.0 Å². The first-order valence-electron chi connectivity index (χ1n) is 5.84. The first-order valence-corrected chi connectivity index (χ1v) is 7.24. The molecule has 0 atom stereocenters. The van der Waals surface area contributed by atoms with E-state index in [-0.39, 0.29) is 0 Å². The van der Waals surface area contributed by atoms with Crippen molar-refractivity contribution >= 4 is 21.5 Å². The van der Waals surface area contributed by atoms with Crippen LogP contribution in [-0.2, 0) is 10.2 Å².